The van der Waals surface area contributed by atoms with E-state index in [1.54, 1.807) is 7.11 Å². The van der Waals surface area contributed by atoms with Gasteiger partial charge in [-0.15, -0.1) is 0 Å². The average molecular weight is 199 g/mol. The number of hydrogen-bond acceptors (Lipinski definition) is 5. The van der Waals surface area contributed by atoms with Crippen molar-refractivity contribution in [2.75, 3.05) is 13.7 Å². The van der Waals surface area contributed by atoms with E-state index in [1.807, 2.05) is 13.0 Å². The van der Waals surface area contributed by atoms with E-state index < -0.39 is 0 Å². The monoisotopic (exact) mass is 199 g/mol. The molecule has 1 unspecified atom stereocenters. The number of rotatable bonds is 6. The van der Waals surface area contributed by atoms with Gasteiger partial charge in [-0.1, -0.05) is 5.16 Å². The molecule has 0 aromatic carbocycles. The number of aromatic nitrogens is 1. The molecular weight excluding hydrogens is 182 g/mol. The molecule has 0 radical (unpaired) electrons. The molecule has 5 heteroatoms. The van der Waals surface area contributed by atoms with Crippen LogP contribution in [0.4, 0.5) is 0 Å². The molecule has 1 aromatic rings. The molecular formula is C9H17N3O2. The lowest BCUT2D eigenvalue weighted by molar-refractivity contribution is 0.155. The van der Waals surface area contributed by atoms with Gasteiger partial charge in [0.05, 0.1) is 5.69 Å². The average Bonchev–Trinajstić information content (AvgIpc) is 2.63. The molecule has 0 saturated carbocycles. The smallest absolute Gasteiger partial charge is 0.162 e. The highest BCUT2D eigenvalue weighted by atomic mass is 16.5. The zero-order valence-corrected chi connectivity index (χ0v) is 8.62. The second-order valence-electron chi connectivity index (χ2n) is 3.24. The minimum absolute atomic E-state index is 0.289. The van der Waals surface area contributed by atoms with Gasteiger partial charge in [0.25, 0.3) is 0 Å². The van der Waals surface area contributed by atoms with Gasteiger partial charge in [0.1, 0.15) is 6.61 Å². The number of hydrogen-bond donors (Lipinski definition) is 2. The summed E-state index contributed by atoms with van der Waals surface area (Å²) in [6, 6.07) is 2.16. The van der Waals surface area contributed by atoms with Gasteiger partial charge < -0.3 is 20.3 Å². The second kappa shape index (κ2) is 5.74. The molecule has 0 amide bonds. The minimum atomic E-state index is 0.289. The zero-order valence-electron chi connectivity index (χ0n) is 8.62. The summed E-state index contributed by atoms with van der Waals surface area (Å²) in [7, 11) is 1.62. The van der Waals surface area contributed by atoms with Crippen molar-refractivity contribution in [1.82, 2.24) is 10.5 Å². The molecule has 80 valence electrons. The third kappa shape index (κ3) is 3.45. The predicted octanol–water partition coefficient (Wildman–Crippen LogP) is 0.258. The summed E-state index contributed by atoms with van der Waals surface area (Å²) < 4.78 is 9.94. The molecule has 0 aliphatic carbocycles. The van der Waals surface area contributed by atoms with E-state index in [1.165, 1.54) is 0 Å². The molecule has 0 aliphatic heterocycles. The lowest BCUT2D eigenvalue weighted by atomic mass is 10.3. The Hall–Kier alpha value is -0.910. The fourth-order valence-corrected chi connectivity index (χ4v) is 1.01. The van der Waals surface area contributed by atoms with Gasteiger partial charge in [-0.3, -0.25) is 0 Å². The van der Waals surface area contributed by atoms with E-state index in [2.05, 4.69) is 10.5 Å². The number of methoxy groups -OCH3 is 1. The van der Waals surface area contributed by atoms with E-state index in [0.717, 1.165) is 11.5 Å². The van der Waals surface area contributed by atoms with Crippen LogP contribution in [-0.2, 0) is 17.9 Å². The van der Waals surface area contributed by atoms with Crippen LogP contribution in [0.15, 0.2) is 10.6 Å². The largest absolute Gasteiger partial charge is 0.377 e. The molecule has 0 spiro atoms. The molecule has 0 saturated heterocycles. The molecule has 1 heterocycles. The predicted molar refractivity (Wildman–Crippen MR) is 52.6 cm³/mol. The van der Waals surface area contributed by atoms with Crippen molar-refractivity contribution in [3.8, 4) is 0 Å². The number of nitrogens with zero attached hydrogens (tertiary/aromatic N) is 1. The van der Waals surface area contributed by atoms with Gasteiger partial charge in [0, 0.05) is 32.3 Å². The molecule has 0 bridgehead atoms. The first-order chi connectivity index (χ1) is 6.76. The number of nitrogens with one attached hydrogen (secondary N) is 1. The van der Waals surface area contributed by atoms with Crippen LogP contribution >= 0.6 is 0 Å². The van der Waals surface area contributed by atoms with Crippen LogP contribution in [0.1, 0.15) is 18.4 Å². The molecule has 14 heavy (non-hydrogen) atoms. The standard InChI is InChI=1S/C9H17N3O2/c1-7(4-10)11-5-8-3-9(6-13-2)14-12-8/h3,7,11H,4-6,10H2,1-2H3. The molecule has 5 nitrogen and oxygen atoms in total. The van der Waals surface area contributed by atoms with Crippen molar-refractivity contribution in [2.45, 2.75) is 26.1 Å². The van der Waals surface area contributed by atoms with Gasteiger partial charge >= 0.3 is 0 Å². The van der Waals surface area contributed by atoms with Crippen LogP contribution in [0.2, 0.25) is 0 Å². The quantitative estimate of drug-likeness (QED) is 0.687. The van der Waals surface area contributed by atoms with Crippen LogP contribution < -0.4 is 11.1 Å². The Kier molecular flexibility index (Phi) is 4.58. The van der Waals surface area contributed by atoms with Crippen LogP contribution in [0.5, 0.6) is 0 Å². The molecule has 0 fully saturated rings. The van der Waals surface area contributed by atoms with E-state index in [-0.39, 0.29) is 6.04 Å². The Morgan fingerprint density at radius 1 is 1.71 bits per heavy atom. The zero-order chi connectivity index (χ0) is 10.4. The summed E-state index contributed by atoms with van der Waals surface area (Å²) in [5.74, 6) is 0.740. The highest BCUT2D eigenvalue weighted by Gasteiger charge is 2.04. The summed E-state index contributed by atoms with van der Waals surface area (Å²) in [6.07, 6.45) is 0. The normalized spacial score (nSPS) is 13.1. The van der Waals surface area contributed by atoms with E-state index in [9.17, 15) is 0 Å². The molecule has 1 atom stereocenters. The van der Waals surface area contributed by atoms with Crippen molar-refractivity contribution in [2.24, 2.45) is 5.73 Å². The van der Waals surface area contributed by atoms with Crippen molar-refractivity contribution in [1.29, 1.82) is 0 Å². The van der Waals surface area contributed by atoms with Gasteiger partial charge in [0.2, 0.25) is 0 Å². The lowest BCUT2D eigenvalue weighted by Gasteiger charge is -2.08. The Morgan fingerprint density at radius 2 is 2.50 bits per heavy atom. The van der Waals surface area contributed by atoms with Crippen LogP contribution in [0.25, 0.3) is 0 Å². The third-order valence-corrected chi connectivity index (χ3v) is 1.88. The fourth-order valence-electron chi connectivity index (χ4n) is 1.01. The minimum Gasteiger partial charge on any atom is -0.377 e. The van der Waals surface area contributed by atoms with Gasteiger partial charge in [-0.2, -0.15) is 0 Å². The van der Waals surface area contributed by atoms with Gasteiger partial charge in [-0.25, -0.2) is 0 Å². The van der Waals surface area contributed by atoms with Crippen LogP contribution in [-0.4, -0.2) is 24.9 Å². The van der Waals surface area contributed by atoms with Crippen LogP contribution in [0.3, 0.4) is 0 Å². The topological polar surface area (TPSA) is 73.3 Å². The SMILES string of the molecule is COCc1cc(CNC(C)CN)no1. The molecule has 3 N–H and O–H groups in total. The second-order valence-corrected chi connectivity index (χ2v) is 3.24. The van der Waals surface area contributed by atoms with E-state index in [4.69, 9.17) is 15.0 Å². The Morgan fingerprint density at radius 3 is 3.14 bits per heavy atom. The summed E-state index contributed by atoms with van der Waals surface area (Å²) in [4.78, 5) is 0. The van der Waals surface area contributed by atoms with Crippen LogP contribution in [0, 0.1) is 0 Å². The first-order valence-electron chi connectivity index (χ1n) is 4.63. The maximum atomic E-state index is 5.46. The van der Waals surface area contributed by atoms with Gasteiger partial charge in [0.15, 0.2) is 5.76 Å². The van der Waals surface area contributed by atoms with Crippen molar-refractivity contribution < 1.29 is 9.26 Å². The third-order valence-electron chi connectivity index (χ3n) is 1.88. The Bertz CT molecular complexity index is 262. The molecule has 1 rings (SSSR count). The molecule has 0 aliphatic rings. The highest BCUT2D eigenvalue weighted by Crippen LogP contribution is 2.04. The summed E-state index contributed by atoms with van der Waals surface area (Å²) >= 11 is 0. The van der Waals surface area contributed by atoms with E-state index in [0.29, 0.717) is 19.7 Å². The summed E-state index contributed by atoms with van der Waals surface area (Å²) in [5, 5.41) is 7.10. The maximum absolute atomic E-state index is 5.46. The first kappa shape index (κ1) is 11.2. The first-order valence-corrected chi connectivity index (χ1v) is 4.63. The van der Waals surface area contributed by atoms with E-state index >= 15 is 0 Å². The van der Waals surface area contributed by atoms with Gasteiger partial charge in [-0.05, 0) is 6.92 Å². The summed E-state index contributed by atoms with van der Waals surface area (Å²) in [5.41, 5.74) is 6.34. The van der Waals surface area contributed by atoms with Crippen molar-refractivity contribution >= 4 is 0 Å². The summed E-state index contributed by atoms with van der Waals surface area (Å²) in [6.45, 7) is 3.77. The Labute approximate surface area is 83.6 Å². The number of ether oxygens (including phenoxy) is 1. The van der Waals surface area contributed by atoms with Crippen molar-refractivity contribution in [3.05, 3.63) is 17.5 Å². The number of nitrogens with two attached hydrogens (primary N) is 1. The fraction of sp³-hybridized carbons (Fsp3) is 0.667. The van der Waals surface area contributed by atoms with Crippen molar-refractivity contribution in [3.63, 3.8) is 0 Å². The molecule has 1 aromatic heterocycles. The maximum Gasteiger partial charge on any atom is 0.162 e. The Balaban J connectivity index is 2.35. The lowest BCUT2D eigenvalue weighted by Crippen LogP contribution is -2.32. The highest BCUT2D eigenvalue weighted by molar-refractivity contribution is 5.04.